The Hall–Kier alpha value is -1.89. The zero-order valence-electron chi connectivity index (χ0n) is 10.7. The van der Waals surface area contributed by atoms with Gasteiger partial charge in [-0.25, -0.2) is 0 Å². The molecule has 0 aromatic heterocycles. The van der Waals surface area contributed by atoms with Crippen LogP contribution in [-0.2, 0) is 6.42 Å². The first-order valence-corrected chi connectivity index (χ1v) is 6.44. The average Bonchev–Trinajstić information content (AvgIpc) is 2.46. The highest BCUT2D eigenvalue weighted by Gasteiger charge is 2.18. The molecule has 1 atom stereocenters. The molecule has 0 aliphatic heterocycles. The SMILES string of the molecule is CCC(Cc1ccccc1)C(=O)c1ccccc1. The largest absolute Gasteiger partial charge is 0.294 e. The molecule has 0 amide bonds. The van der Waals surface area contributed by atoms with E-state index < -0.39 is 0 Å². The lowest BCUT2D eigenvalue weighted by molar-refractivity contribution is 0.0916. The van der Waals surface area contributed by atoms with Gasteiger partial charge in [-0.15, -0.1) is 0 Å². The maximum absolute atomic E-state index is 12.4. The van der Waals surface area contributed by atoms with Crippen LogP contribution < -0.4 is 0 Å². The predicted octanol–water partition coefficient (Wildman–Crippen LogP) is 4.14. The van der Waals surface area contributed by atoms with Crippen LogP contribution >= 0.6 is 0 Å². The Kier molecular flexibility index (Phi) is 4.30. The minimum atomic E-state index is 0.0785. The van der Waals surface area contributed by atoms with Crippen molar-refractivity contribution in [3.05, 3.63) is 71.8 Å². The molecule has 0 fully saturated rings. The van der Waals surface area contributed by atoms with E-state index in [2.05, 4.69) is 19.1 Å². The van der Waals surface area contributed by atoms with Gasteiger partial charge in [-0.3, -0.25) is 4.79 Å². The van der Waals surface area contributed by atoms with Crippen LogP contribution in [0.25, 0.3) is 0 Å². The minimum Gasteiger partial charge on any atom is -0.294 e. The van der Waals surface area contributed by atoms with Gasteiger partial charge in [-0.2, -0.15) is 0 Å². The first-order chi connectivity index (χ1) is 8.81. The van der Waals surface area contributed by atoms with Gasteiger partial charge in [0, 0.05) is 11.5 Å². The van der Waals surface area contributed by atoms with E-state index in [1.807, 2.05) is 48.5 Å². The second kappa shape index (κ2) is 6.15. The van der Waals surface area contributed by atoms with E-state index in [0.717, 1.165) is 18.4 Å². The molecule has 0 saturated heterocycles. The van der Waals surface area contributed by atoms with Crippen LogP contribution in [0.1, 0.15) is 29.3 Å². The van der Waals surface area contributed by atoms with Gasteiger partial charge in [-0.05, 0) is 18.4 Å². The first-order valence-electron chi connectivity index (χ1n) is 6.44. The summed E-state index contributed by atoms with van der Waals surface area (Å²) in [4.78, 5) is 12.4. The quantitative estimate of drug-likeness (QED) is 0.715. The van der Waals surface area contributed by atoms with Gasteiger partial charge in [0.05, 0.1) is 0 Å². The molecule has 2 rings (SSSR count). The van der Waals surface area contributed by atoms with Crippen molar-refractivity contribution in [2.75, 3.05) is 0 Å². The third-order valence-corrected chi connectivity index (χ3v) is 3.25. The maximum Gasteiger partial charge on any atom is 0.166 e. The number of Topliss-reactive ketones (excluding diaryl/α,β-unsaturated/α-hetero) is 1. The topological polar surface area (TPSA) is 17.1 Å². The molecule has 0 radical (unpaired) electrons. The van der Waals surface area contributed by atoms with Gasteiger partial charge in [0.1, 0.15) is 0 Å². The fraction of sp³-hybridized carbons (Fsp3) is 0.235. The number of hydrogen-bond donors (Lipinski definition) is 0. The summed E-state index contributed by atoms with van der Waals surface area (Å²) >= 11 is 0. The van der Waals surface area contributed by atoms with Gasteiger partial charge >= 0.3 is 0 Å². The molecule has 1 nitrogen and oxygen atoms in total. The molecule has 1 unspecified atom stereocenters. The first kappa shape index (κ1) is 12.6. The highest BCUT2D eigenvalue weighted by atomic mass is 16.1. The van der Waals surface area contributed by atoms with Crippen molar-refractivity contribution in [3.8, 4) is 0 Å². The number of benzene rings is 2. The van der Waals surface area contributed by atoms with Crippen LogP contribution in [0, 0.1) is 5.92 Å². The van der Waals surface area contributed by atoms with E-state index >= 15 is 0 Å². The van der Waals surface area contributed by atoms with E-state index in [0.29, 0.717) is 0 Å². The predicted molar refractivity (Wildman–Crippen MR) is 74.7 cm³/mol. The lowest BCUT2D eigenvalue weighted by Gasteiger charge is -2.13. The van der Waals surface area contributed by atoms with Gasteiger partial charge in [0.25, 0.3) is 0 Å². The van der Waals surface area contributed by atoms with Crippen molar-refractivity contribution in [3.63, 3.8) is 0 Å². The Morgan fingerprint density at radius 3 is 2.06 bits per heavy atom. The lowest BCUT2D eigenvalue weighted by atomic mass is 9.89. The summed E-state index contributed by atoms with van der Waals surface area (Å²) in [5, 5.41) is 0. The molecule has 0 spiro atoms. The Balaban J connectivity index is 2.12. The zero-order valence-corrected chi connectivity index (χ0v) is 10.7. The van der Waals surface area contributed by atoms with Gasteiger partial charge < -0.3 is 0 Å². The molecule has 0 aliphatic carbocycles. The average molecular weight is 238 g/mol. The Labute approximate surface area is 108 Å². The van der Waals surface area contributed by atoms with E-state index in [1.54, 1.807) is 0 Å². The molecule has 0 aliphatic rings. The van der Waals surface area contributed by atoms with Crippen molar-refractivity contribution < 1.29 is 4.79 Å². The number of rotatable bonds is 5. The van der Waals surface area contributed by atoms with Crippen LogP contribution in [0.15, 0.2) is 60.7 Å². The Morgan fingerprint density at radius 1 is 0.944 bits per heavy atom. The normalized spacial score (nSPS) is 12.1. The number of carbonyl (C=O) groups excluding carboxylic acids is 1. The van der Waals surface area contributed by atoms with Crippen LogP contribution in [-0.4, -0.2) is 5.78 Å². The van der Waals surface area contributed by atoms with Crippen LogP contribution in [0.2, 0.25) is 0 Å². The highest BCUT2D eigenvalue weighted by molar-refractivity contribution is 5.97. The fourth-order valence-electron chi connectivity index (χ4n) is 2.16. The summed E-state index contributed by atoms with van der Waals surface area (Å²) in [6, 6.07) is 19.8. The molecule has 2 aromatic carbocycles. The number of ketones is 1. The zero-order chi connectivity index (χ0) is 12.8. The summed E-state index contributed by atoms with van der Waals surface area (Å²) in [5.74, 6) is 0.330. The van der Waals surface area contributed by atoms with Crippen molar-refractivity contribution in [2.45, 2.75) is 19.8 Å². The molecular weight excluding hydrogens is 220 g/mol. The van der Waals surface area contributed by atoms with Crippen molar-refractivity contribution >= 4 is 5.78 Å². The van der Waals surface area contributed by atoms with Crippen LogP contribution in [0.4, 0.5) is 0 Å². The minimum absolute atomic E-state index is 0.0785. The molecule has 2 aromatic rings. The van der Waals surface area contributed by atoms with Crippen molar-refractivity contribution in [1.82, 2.24) is 0 Å². The molecule has 0 heterocycles. The molecule has 92 valence electrons. The monoisotopic (exact) mass is 238 g/mol. The van der Waals surface area contributed by atoms with Crippen LogP contribution in [0.3, 0.4) is 0 Å². The third kappa shape index (κ3) is 3.07. The standard InChI is InChI=1S/C17H18O/c1-2-15(13-14-9-5-3-6-10-14)17(18)16-11-7-4-8-12-16/h3-12,15H,2,13H2,1H3. The summed E-state index contributed by atoms with van der Waals surface area (Å²) in [7, 11) is 0. The van der Waals surface area contributed by atoms with Gasteiger partial charge in [0.15, 0.2) is 5.78 Å². The number of hydrogen-bond acceptors (Lipinski definition) is 1. The molecular formula is C17H18O. The van der Waals surface area contributed by atoms with Crippen molar-refractivity contribution in [2.24, 2.45) is 5.92 Å². The smallest absolute Gasteiger partial charge is 0.166 e. The molecule has 0 bridgehead atoms. The Morgan fingerprint density at radius 2 is 1.50 bits per heavy atom. The van der Waals surface area contributed by atoms with E-state index in [1.165, 1.54) is 5.56 Å². The summed E-state index contributed by atoms with van der Waals surface area (Å²) < 4.78 is 0. The van der Waals surface area contributed by atoms with E-state index in [-0.39, 0.29) is 11.7 Å². The number of carbonyl (C=O) groups is 1. The third-order valence-electron chi connectivity index (χ3n) is 3.25. The van der Waals surface area contributed by atoms with Crippen molar-refractivity contribution in [1.29, 1.82) is 0 Å². The lowest BCUT2D eigenvalue weighted by Crippen LogP contribution is -2.16. The Bertz CT molecular complexity index is 488. The summed E-state index contributed by atoms with van der Waals surface area (Å²) in [6.07, 6.45) is 1.70. The second-order valence-corrected chi connectivity index (χ2v) is 4.53. The molecule has 1 heteroatoms. The highest BCUT2D eigenvalue weighted by Crippen LogP contribution is 2.17. The second-order valence-electron chi connectivity index (χ2n) is 4.53. The fourth-order valence-corrected chi connectivity index (χ4v) is 2.16. The van der Waals surface area contributed by atoms with Gasteiger partial charge in [-0.1, -0.05) is 67.6 Å². The molecule has 0 saturated carbocycles. The maximum atomic E-state index is 12.4. The molecule has 0 N–H and O–H groups in total. The van der Waals surface area contributed by atoms with E-state index in [9.17, 15) is 4.79 Å². The van der Waals surface area contributed by atoms with Crippen LogP contribution in [0.5, 0.6) is 0 Å². The van der Waals surface area contributed by atoms with E-state index in [4.69, 9.17) is 0 Å². The van der Waals surface area contributed by atoms with Gasteiger partial charge in [0.2, 0.25) is 0 Å². The summed E-state index contributed by atoms with van der Waals surface area (Å²) in [5.41, 5.74) is 2.05. The summed E-state index contributed by atoms with van der Waals surface area (Å²) in [6.45, 7) is 2.08. The molecule has 18 heavy (non-hydrogen) atoms.